The van der Waals surface area contributed by atoms with E-state index < -0.39 is 11.6 Å². The van der Waals surface area contributed by atoms with Crippen LogP contribution in [0, 0.1) is 18.6 Å². The molecule has 0 heterocycles. The highest BCUT2D eigenvalue weighted by atomic mass is 19.1. The van der Waals surface area contributed by atoms with Crippen LogP contribution in [0.1, 0.15) is 71.9 Å². The minimum Gasteiger partial charge on any atom is -0.378 e. The third-order valence-corrected chi connectivity index (χ3v) is 4.53. The number of hydrogen-bond donors (Lipinski definition) is 0. The summed E-state index contributed by atoms with van der Waals surface area (Å²) in [5.41, 5.74) is 3.34. The van der Waals surface area contributed by atoms with Crippen molar-refractivity contribution in [3.05, 3.63) is 64.3 Å². The zero-order chi connectivity index (χ0) is 22.0. The van der Waals surface area contributed by atoms with Crippen molar-refractivity contribution in [2.75, 3.05) is 6.61 Å². The minimum atomic E-state index is -0.593. The van der Waals surface area contributed by atoms with Gasteiger partial charge in [-0.05, 0) is 88.8 Å². The Morgan fingerprint density at radius 1 is 1.14 bits per heavy atom. The largest absolute Gasteiger partial charge is 0.378 e. The van der Waals surface area contributed by atoms with Gasteiger partial charge in [-0.3, -0.25) is 4.99 Å². The number of benzene rings is 1. The zero-order valence-corrected chi connectivity index (χ0v) is 18.9. The molecule has 1 aromatic rings. The van der Waals surface area contributed by atoms with Gasteiger partial charge in [-0.15, -0.1) is 0 Å². The molecule has 2 nitrogen and oxygen atoms in total. The maximum absolute atomic E-state index is 14.8. The fourth-order valence-corrected chi connectivity index (χ4v) is 3.18. The molecule has 0 bridgehead atoms. The highest BCUT2D eigenvalue weighted by Crippen LogP contribution is 2.30. The van der Waals surface area contributed by atoms with E-state index >= 15 is 0 Å². The summed E-state index contributed by atoms with van der Waals surface area (Å²) < 4.78 is 35.4. The fraction of sp³-hybridized carbons (Fsp3) is 0.480. The quantitative estimate of drug-likeness (QED) is 0.291. The predicted molar refractivity (Wildman–Crippen MR) is 120 cm³/mol. The lowest BCUT2D eigenvalue weighted by Gasteiger charge is -2.18. The number of hydrogen-bond acceptors (Lipinski definition) is 2. The number of aryl methyl sites for hydroxylation is 1. The monoisotopic (exact) mass is 403 g/mol. The summed E-state index contributed by atoms with van der Waals surface area (Å²) in [6.07, 6.45) is 8.14. The maximum atomic E-state index is 14.8. The van der Waals surface area contributed by atoms with Crippen molar-refractivity contribution >= 4 is 11.4 Å². The third kappa shape index (κ3) is 8.06. The minimum absolute atomic E-state index is 0.00247. The van der Waals surface area contributed by atoms with Gasteiger partial charge in [0.1, 0.15) is 11.6 Å². The van der Waals surface area contributed by atoms with Gasteiger partial charge < -0.3 is 4.74 Å². The fourth-order valence-electron chi connectivity index (χ4n) is 3.18. The molecular weight excluding hydrogens is 368 g/mol. The Hall–Kier alpha value is -2.07. The number of halogens is 2. The molecular formula is C25H35F2NO. The summed E-state index contributed by atoms with van der Waals surface area (Å²) in [5, 5.41) is 0. The molecule has 0 aromatic heterocycles. The van der Waals surface area contributed by atoms with Crippen LogP contribution in [0.15, 0.2) is 46.5 Å². The SMILES string of the molecule is C\C=C/C(C)=C\C(C)=N\C(=C(/C)CC(CC)OCCC)c1c(F)cc(C)cc1F. The van der Waals surface area contributed by atoms with Crippen molar-refractivity contribution in [1.29, 1.82) is 0 Å². The highest BCUT2D eigenvalue weighted by molar-refractivity contribution is 5.97. The third-order valence-electron chi connectivity index (χ3n) is 4.53. The average molecular weight is 404 g/mol. The van der Waals surface area contributed by atoms with Gasteiger partial charge in [0.15, 0.2) is 0 Å². The van der Waals surface area contributed by atoms with E-state index in [9.17, 15) is 8.78 Å². The lowest BCUT2D eigenvalue weighted by Crippen LogP contribution is -2.13. The molecule has 1 aromatic carbocycles. The summed E-state index contributed by atoms with van der Waals surface area (Å²) in [6.45, 7) is 14.1. The molecule has 0 spiro atoms. The summed E-state index contributed by atoms with van der Waals surface area (Å²) in [6, 6.07) is 2.70. The molecule has 0 aliphatic heterocycles. The van der Waals surface area contributed by atoms with Gasteiger partial charge >= 0.3 is 0 Å². The first-order chi connectivity index (χ1) is 13.7. The van der Waals surface area contributed by atoms with Crippen LogP contribution in [0.5, 0.6) is 0 Å². The molecule has 0 aliphatic carbocycles. The summed E-state index contributed by atoms with van der Waals surface area (Å²) in [7, 11) is 0. The molecule has 0 aliphatic rings. The van der Waals surface area contributed by atoms with Crippen LogP contribution in [0.3, 0.4) is 0 Å². The van der Waals surface area contributed by atoms with Crippen LogP contribution in [0.2, 0.25) is 0 Å². The van der Waals surface area contributed by atoms with Gasteiger partial charge in [-0.25, -0.2) is 8.78 Å². The van der Waals surface area contributed by atoms with Gasteiger partial charge in [0.05, 0.1) is 17.4 Å². The van der Waals surface area contributed by atoms with Crippen LogP contribution in [0.25, 0.3) is 5.70 Å². The van der Waals surface area contributed by atoms with Gasteiger partial charge in [0.25, 0.3) is 0 Å². The second-order valence-electron chi connectivity index (χ2n) is 7.48. The van der Waals surface area contributed by atoms with E-state index in [1.165, 1.54) is 12.1 Å². The number of ether oxygens (including phenoxy) is 1. The molecule has 0 fully saturated rings. The van der Waals surface area contributed by atoms with E-state index in [0.29, 0.717) is 30.0 Å². The molecule has 0 saturated carbocycles. The Bertz CT molecular complexity index is 780. The van der Waals surface area contributed by atoms with Gasteiger partial charge in [0, 0.05) is 12.3 Å². The zero-order valence-electron chi connectivity index (χ0n) is 18.9. The summed E-state index contributed by atoms with van der Waals surface area (Å²) >= 11 is 0. The van der Waals surface area contributed by atoms with Crippen LogP contribution >= 0.6 is 0 Å². The van der Waals surface area contributed by atoms with Crippen molar-refractivity contribution in [3.8, 4) is 0 Å². The average Bonchev–Trinajstić information content (AvgIpc) is 2.63. The molecule has 0 saturated heterocycles. The summed E-state index contributed by atoms with van der Waals surface area (Å²) in [4.78, 5) is 4.64. The topological polar surface area (TPSA) is 21.6 Å². The molecule has 160 valence electrons. The maximum Gasteiger partial charge on any atom is 0.135 e. The van der Waals surface area contributed by atoms with E-state index in [2.05, 4.69) is 18.8 Å². The predicted octanol–water partition coefficient (Wildman–Crippen LogP) is 7.58. The number of rotatable bonds is 10. The first kappa shape index (κ1) is 25.0. The van der Waals surface area contributed by atoms with Crippen molar-refractivity contribution < 1.29 is 13.5 Å². The van der Waals surface area contributed by atoms with Crippen molar-refractivity contribution in [1.82, 2.24) is 0 Å². The first-order valence-electron chi connectivity index (χ1n) is 10.4. The van der Waals surface area contributed by atoms with E-state index in [0.717, 1.165) is 24.0 Å². The normalized spacial score (nSPS) is 15.1. The van der Waals surface area contributed by atoms with Crippen LogP contribution in [-0.4, -0.2) is 18.4 Å². The van der Waals surface area contributed by atoms with Crippen molar-refractivity contribution in [2.24, 2.45) is 4.99 Å². The molecule has 1 unspecified atom stereocenters. The van der Waals surface area contributed by atoms with Crippen LogP contribution < -0.4 is 0 Å². The lowest BCUT2D eigenvalue weighted by molar-refractivity contribution is 0.0516. The number of allylic oxidation sites excluding steroid dienone is 4. The Balaban J connectivity index is 3.52. The molecule has 0 N–H and O–H groups in total. The first-order valence-corrected chi connectivity index (χ1v) is 10.4. The standard InChI is InChI=1S/C25H35F2NO/c1-8-11-17(4)13-20(7)28-25(19(6)16-21(10-3)29-12-9-2)24-22(26)14-18(5)15-23(24)27/h8,11,13-15,21H,9-10,12,16H2,1-7H3/b11-8-,17-13-,25-19+,28-20+. The molecule has 4 heteroatoms. The molecule has 1 rings (SSSR count). The summed E-state index contributed by atoms with van der Waals surface area (Å²) in [5.74, 6) is -1.19. The van der Waals surface area contributed by atoms with Crippen molar-refractivity contribution in [2.45, 2.75) is 73.8 Å². The Labute approximate surface area is 175 Å². The number of nitrogens with zero attached hydrogens (tertiary/aromatic N) is 1. The highest BCUT2D eigenvalue weighted by Gasteiger charge is 2.19. The van der Waals surface area contributed by atoms with E-state index in [-0.39, 0.29) is 11.7 Å². The second-order valence-corrected chi connectivity index (χ2v) is 7.48. The van der Waals surface area contributed by atoms with Crippen molar-refractivity contribution in [3.63, 3.8) is 0 Å². The smallest absolute Gasteiger partial charge is 0.135 e. The van der Waals surface area contributed by atoms with E-state index in [4.69, 9.17) is 4.74 Å². The Morgan fingerprint density at radius 3 is 2.28 bits per heavy atom. The molecule has 29 heavy (non-hydrogen) atoms. The second kappa shape index (κ2) is 12.5. The van der Waals surface area contributed by atoms with E-state index in [1.807, 2.05) is 45.9 Å². The van der Waals surface area contributed by atoms with E-state index in [1.54, 1.807) is 6.92 Å². The van der Waals surface area contributed by atoms with Gasteiger partial charge in [-0.1, -0.05) is 26.0 Å². The Morgan fingerprint density at radius 2 is 1.76 bits per heavy atom. The van der Waals surface area contributed by atoms with Gasteiger partial charge in [0.2, 0.25) is 0 Å². The number of aliphatic imine (C=N–C) groups is 1. The van der Waals surface area contributed by atoms with Crippen LogP contribution in [-0.2, 0) is 4.74 Å². The Kier molecular flexibility index (Phi) is 10.7. The molecule has 1 atom stereocenters. The molecule has 0 radical (unpaired) electrons. The molecule has 0 amide bonds. The lowest BCUT2D eigenvalue weighted by atomic mass is 9.99. The van der Waals surface area contributed by atoms with Gasteiger partial charge in [-0.2, -0.15) is 0 Å². The van der Waals surface area contributed by atoms with Crippen LogP contribution in [0.4, 0.5) is 8.78 Å².